The van der Waals surface area contributed by atoms with Gasteiger partial charge in [-0.3, -0.25) is 4.79 Å². The van der Waals surface area contributed by atoms with E-state index in [1.54, 1.807) is 0 Å². The minimum atomic E-state index is -0.0368. The van der Waals surface area contributed by atoms with Gasteiger partial charge >= 0.3 is 0 Å². The Morgan fingerprint density at radius 1 is 1.31 bits per heavy atom. The summed E-state index contributed by atoms with van der Waals surface area (Å²) in [5.74, 6) is -0.0368. The first-order valence-corrected chi connectivity index (χ1v) is 5.29. The second-order valence-electron chi connectivity index (χ2n) is 3.06. The molecule has 16 heavy (non-hydrogen) atoms. The molecule has 0 fully saturated rings. The highest BCUT2D eigenvalue weighted by atomic mass is 16.1. The SMILES string of the molecule is CC.CC(=O)NCc1ccc2n[nH]nc2c1. The molecule has 1 heterocycles. The van der Waals surface area contributed by atoms with E-state index in [1.165, 1.54) is 6.92 Å². The smallest absolute Gasteiger partial charge is 0.217 e. The molecule has 5 heteroatoms. The molecule has 5 nitrogen and oxygen atoms in total. The van der Waals surface area contributed by atoms with Gasteiger partial charge in [0.05, 0.1) is 0 Å². The fourth-order valence-electron chi connectivity index (χ4n) is 1.22. The molecule has 0 spiro atoms. The zero-order valence-corrected chi connectivity index (χ0v) is 9.74. The molecule has 2 aromatic rings. The van der Waals surface area contributed by atoms with Gasteiger partial charge in [-0.25, -0.2) is 0 Å². The Hall–Kier alpha value is -1.91. The molecular weight excluding hydrogens is 204 g/mol. The van der Waals surface area contributed by atoms with E-state index in [9.17, 15) is 4.79 Å². The second kappa shape index (κ2) is 5.85. The molecule has 0 bridgehead atoms. The number of rotatable bonds is 2. The molecule has 0 saturated heterocycles. The molecule has 0 aliphatic carbocycles. The van der Waals surface area contributed by atoms with E-state index in [1.807, 2.05) is 32.0 Å². The van der Waals surface area contributed by atoms with Crippen molar-refractivity contribution in [2.45, 2.75) is 27.3 Å². The van der Waals surface area contributed by atoms with E-state index >= 15 is 0 Å². The standard InChI is InChI=1S/C9H10N4O.C2H6/c1-6(14)10-5-7-2-3-8-9(4-7)12-13-11-8;1-2/h2-4H,5H2,1H3,(H,10,14)(H,11,12,13);1-2H3. The van der Waals surface area contributed by atoms with Gasteiger partial charge in [-0.15, -0.1) is 0 Å². The van der Waals surface area contributed by atoms with Crippen LogP contribution in [0.15, 0.2) is 18.2 Å². The van der Waals surface area contributed by atoms with Crippen LogP contribution in [0.2, 0.25) is 0 Å². The van der Waals surface area contributed by atoms with Gasteiger partial charge < -0.3 is 5.32 Å². The normalized spacial score (nSPS) is 9.44. The first-order valence-electron chi connectivity index (χ1n) is 5.29. The fraction of sp³-hybridized carbons (Fsp3) is 0.364. The number of aromatic amines is 1. The number of carbonyl (C=O) groups excluding carboxylic acids is 1. The Morgan fingerprint density at radius 2 is 2.00 bits per heavy atom. The first kappa shape index (κ1) is 12.2. The van der Waals surface area contributed by atoms with Gasteiger partial charge in [0.1, 0.15) is 11.0 Å². The molecule has 1 aromatic carbocycles. The lowest BCUT2D eigenvalue weighted by atomic mass is 10.2. The van der Waals surface area contributed by atoms with Crippen LogP contribution in [0.4, 0.5) is 0 Å². The summed E-state index contributed by atoms with van der Waals surface area (Å²) in [7, 11) is 0. The highest BCUT2D eigenvalue weighted by Gasteiger charge is 1.99. The molecule has 2 N–H and O–H groups in total. The highest BCUT2D eigenvalue weighted by Crippen LogP contribution is 2.09. The van der Waals surface area contributed by atoms with E-state index in [4.69, 9.17) is 0 Å². The number of aromatic nitrogens is 3. The molecule has 1 amide bonds. The summed E-state index contributed by atoms with van der Waals surface area (Å²) in [5.41, 5.74) is 2.66. The lowest BCUT2D eigenvalue weighted by molar-refractivity contribution is -0.119. The van der Waals surface area contributed by atoms with Gasteiger partial charge in [-0.1, -0.05) is 19.9 Å². The van der Waals surface area contributed by atoms with Crippen molar-refractivity contribution >= 4 is 16.9 Å². The van der Waals surface area contributed by atoms with E-state index in [-0.39, 0.29) is 5.91 Å². The predicted molar refractivity (Wildman–Crippen MR) is 62.8 cm³/mol. The molecule has 0 atom stereocenters. The van der Waals surface area contributed by atoms with E-state index in [0.717, 1.165) is 16.6 Å². The quantitative estimate of drug-likeness (QED) is 0.807. The molecule has 86 valence electrons. The van der Waals surface area contributed by atoms with Crippen LogP contribution < -0.4 is 5.32 Å². The maximum Gasteiger partial charge on any atom is 0.217 e. The summed E-state index contributed by atoms with van der Waals surface area (Å²) in [6, 6.07) is 5.69. The number of amides is 1. The Bertz CT molecular complexity index is 464. The molecule has 0 aliphatic rings. The number of nitrogens with zero attached hydrogens (tertiary/aromatic N) is 2. The average molecular weight is 220 g/mol. The van der Waals surface area contributed by atoms with Crippen LogP contribution >= 0.6 is 0 Å². The van der Waals surface area contributed by atoms with Crippen molar-refractivity contribution in [3.63, 3.8) is 0 Å². The zero-order valence-electron chi connectivity index (χ0n) is 9.74. The maximum atomic E-state index is 10.7. The molecule has 0 saturated carbocycles. The van der Waals surface area contributed by atoms with E-state index in [2.05, 4.69) is 20.7 Å². The van der Waals surface area contributed by atoms with Crippen LogP contribution in [0.3, 0.4) is 0 Å². The number of H-pyrrole nitrogens is 1. The predicted octanol–water partition coefficient (Wildman–Crippen LogP) is 1.62. The van der Waals surface area contributed by atoms with Crippen LogP contribution in [0, 0.1) is 0 Å². The first-order chi connectivity index (χ1) is 7.75. The van der Waals surface area contributed by atoms with Crippen LogP contribution in [-0.4, -0.2) is 21.3 Å². The van der Waals surface area contributed by atoms with Crippen LogP contribution in [-0.2, 0) is 11.3 Å². The van der Waals surface area contributed by atoms with Gasteiger partial charge in [0.2, 0.25) is 5.91 Å². The van der Waals surface area contributed by atoms with E-state index in [0.29, 0.717) is 6.54 Å². The average Bonchev–Trinajstić information content (AvgIpc) is 2.76. The third-order valence-corrected chi connectivity index (χ3v) is 1.92. The van der Waals surface area contributed by atoms with Gasteiger partial charge in [0, 0.05) is 13.5 Å². The van der Waals surface area contributed by atoms with E-state index < -0.39 is 0 Å². The third-order valence-electron chi connectivity index (χ3n) is 1.92. The van der Waals surface area contributed by atoms with Crippen molar-refractivity contribution < 1.29 is 4.79 Å². The lowest BCUT2D eigenvalue weighted by Gasteiger charge is -2.00. The number of benzene rings is 1. The Balaban J connectivity index is 0.000000606. The van der Waals surface area contributed by atoms with Crippen molar-refractivity contribution in [1.29, 1.82) is 0 Å². The molecule has 0 radical (unpaired) electrons. The van der Waals surface area contributed by atoms with Crippen molar-refractivity contribution in [1.82, 2.24) is 20.7 Å². The van der Waals surface area contributed by atoms with Gasteiger partial charge in [0.25, 0.3) is 0 Å². The summed E-state index contributed by atoms with van der Waals surface area (Å²) in [6.45, 7) is 6.02. The van der Waals surface area contributed by atoms with Gasteiger partial charge in [-0.05, 0) is 17.7 Å². The van der Waals surface area contributed by atoms with Crippen molar-refractivity contribution in [2.75, 3.05) is 0 Å². The van der Waals surface area contributed by atoms with Gasteiger partial charge in [-0.2, -0.15) is 15.4 Å². The molecule has 0 aliphatic heterocycles. The topological polar surface area (TPSA) is 70.7 Å². The third kappa shape index (κ3) is 3.05. The van der Waals surface area contributed by atoms with Crippen molar-refractivity contribution in [3.05, 3.63) is 23.8 Å². The molecule has 2 rings (SSSR count). The minimum absolute atomic E-state index is 0.0368. The molecule has 1 aromatic heterocycles. The highest BCUT2D eigenvalue weighted by molar-refractivity contribution is 5.75. The maximum absolute atomic E-state index is 10.7. The lowest BCUT2D eigenvalue weighted by Crippen LogP contribution is -2.18. The minimum Gasteiger partial charge on any atom is -0.352 e. The van der Waals surface area contributed by atoms with Crippen molar-refractivity contribution in [2.24, 2.45) is 0 Å². The fourth-order valence-corrected chi connectivity index (χ4v) is 1.22. The second-order valence-corrected chi connectivity index (χ2v) is 3.06. The zero-order chi connectivity index (χ0) is 12.0. The summed E-state index contributed by atoms with van der Waals surface area (Å²) < 4.78 is 0. The molecular formula is C11H16N4O. The number of hydrogen-bond donors (Lipinski definition) is 2. The monoisotopic (exact) mass is 220 g/mol. The summed E-state index contributed by atoms with van der Waals surface area (Å²) >= 11 is 0. The van der Waals surface area contributed by atoms with Gasteiger partial charge in [0.15, 0.2) is 0 Å². The summed E-state index contributed by atoms with van der Waals surface area (Å²) in [5, 5.41) is 13.2. The van der Waals surface area contributed by atoms with Crippen LogP contribution in [0.25, 0.3) is 11.0 Å². The number of nitrogens with one attached hydrogen (secondary N) is 2. The van der Waals surface area contributed by atoms with Crippen LogP contribution in [0.5, 0.6) is 0 Å². The van der Waals surface area contributed by atoms with Crippen molar-refractivity contribution in [3.8, 4) is 0 Å². The summed E-state index contributed by atoms with van der Waals surface area (Å²) in [6.07, 6.45) is 0. The van der Waals surface area contributed by atoms with Crippen LogP contribution in [0.1, 0.15) is 26.3 Å². The number of hydrogen-bond acceptors (Lipinski definition) is 3. The molecule has 0 unspecified atom stereocenters. The number of fused-ring (bicyclic) bond motifs is 1. The Morgan fingerprint density at radius 3 is 2.69 bits per heavy atom. The largest absolute Gasteiger partial charge is 0.352 e. The Labute approximate surface area is 94.2 Å². The summed E-state index contributed by atoms with van der Waals surface area (Å²) in [4.78, 5) is 10.7. The number of carbonyl (C=O) groups is 1. The Kier molecular flexibility index (Phi) is 4.44.